The molecule has 6 heteroatoms. The number of rotatable bonds is 2. The van der Waals surface area contributed by atoms with Gasteiger partial charge in [0, 0.05) is 10.8 Å². The highest BCUT2D eigenvalue weighted by molar-refractivity contribution is 5.87. The number of hydrazine groups is 1. The van der Waals surface area contributed by atoms with Gasteiger partial charge in [0.25, 0.3) is 0 Å². The van der Waals surface area contributed by atoms with Crippen molar-refractivity contribution in [3.8, 4) is 0 Å². The minimum absolute atomic E-state index is 0.144. The monoisotopic (exact) mass is 239 g/mol. The summed E-state index contributed by atoms with van der Waals surface area (Å²) in [6.07, 6.45) is 2.48. The Hall–Kier alpha value is -1.33. The van der Waals surface area contributed by atoms with Crippen LogP contribution in [0.15, 0.2) is 0 Å². The number of nitro groups is 1. The summed E-state index contributed by atoms with van der Waals surface area (Å²) in [6.45, 7) is 4.44. The van der Waals surface area contributed by atoms with E-state index in [2.05, 4.69) is 6.92 Å². The largest absolute Gasteiger partial charge is 0.367 e. The van der Waals surface area contributed by atoms with Gasteiger partial charge >= 0.3 is 0 Å². The first-order chi connectivity index (χ1) is 7.79. The van der Waals surface area contributed by atoms with Crippen LogP contribution in [-0.2, 0) is 4.79 Å². The number of carbonyl (C=O) groups is 1. The zero-order chi connectivity index (χ0) is 12.6. The number of amides is 1. The fourth-order valence-electron chi connectivity index (χ4n) is 4.94. The molecule has 1 saturated heterocycles. The van der Waals surface area contributed by atoms with E-state index in [1.165, 1.54) is 0 Å². The van der Waals surface area contributed by atoms with Gasteiger partial charge in [0.2, 0.25) is 5.91 Å². The summed E-state index contributed by atoms with van der Waals surface area (Å²) in [5.74, 6) is -0.126. The van der Waals surface area contributed by atoms with Crippen LogP contribution >= 0.6 is 0 Å². The molecule has 0 aromatic heterocycles. The lowest BCUT2D eigenvalue weighted by atomic mass is 9.65. The van der Waals surface area contributed by atoms with Gasteiger partial charge in [0.1, 0.15) is 0 Å². The predicted molar refractivity (Wildman–Crippen MR) is 59.2 cm³/mol. The summed E-state index contributed by atoms with van der Waals surface area (Å²) in [5.41, 5.74) is 3.99. The summed E-state index contributed by atoms with van der Waals surface area (Å²) < 4.78 is 0. The van der Waals surface area contributed by atoms with Crippen LogP contribution in [0.25, 0.3) is 0 Å². The maximum Gasteiger partial charge on any atom is 0.249 e. The van der Waals surface area contributed by atoms with Crippen LogP contribution in [0.1, 0.15) is 33.1 Å². The molecule has 1 heterocycles. The Labute approximate surface area is 99.3 Å². The molecule has 0 aromatic carbocycles. The molecule has 4 atom stereocenters. The van der Waals surface area contributed by atoms with Gasteiger partial charge in [0.15, 0.2) is 10.6 Å². The van der Waals surface area contributed by atoms with Crippen molar-refractivity contribution in [2.24, 2.45) is 22.5 Å². The molecule has 6 nitrogen and oxygen atoms in total. The smallest absolute Gasteiger partial charge is 0.249 e. The van der Waals surface area contributed by atoms with E-state index >= 15 is 0 Å². The quantitative estimate of drug-likeness (QED) is 0.562. The molecule has 3 fully saturated rings. The highest BCUT2D eigenvalue weighted by atomic mass is 16.7. The van der Waals surface area contributed by atoms with Crippen molar-refractivity contribution in [3.05, 3.63) is 10.1 Å². The van der Waals surface area contributed by atoms with Gasteiger partial charge in [-0.2, -0.15) is 0 Å². The molecule has 4 bridgehead atoms. The van der Waals surface area contributed by atoms with Crippen molar-refractivity contribution in [2.75, 3.05) is 6.54 Å². The molecule has 1 amide bonds. The fourth-order valence-corrected chi connectivity index (χ4v) is 4.94. The van der Waals surface area contributed by atoms with E-state index in [0.717, 1.165) is 17.9 Å². The standard InChI is InChI=1S/C11H17N3O3/c1-9-6-13(14(16)17)11(8(12)15)5-7(9)3-4-10(9,11)2/h7H,3-6H2,1-2H3,(H2,12,15)/t7-,9-,10+,11-/m0/s1. The van der Waals surface area contributed by atoms with Gasteiger partial charge in [-0.1, -0.05) is 13.8 Å². The number of nitrogens with two attached hydrogens (primary N) is 1. The molecule has 17 heavy (non-hydrogen) atoms. The maximum atomic E-state index is 11.9. The molecular formula is C11H17N3O3. The third kappa shape index (κ3) is 0.788. The Morgan fingerprint density at radius 1 is 1.53 bits per heavy atom. The van der Waals surface area contributed by atoms with Gasteiger partial charge in [0.05, 0.1) is 6.54 Å². The zero-order valence-electron chi connectivity index (χ0n) is 10.1. The van der Waals surface area contributed by atoms with E-state index in [1.54, 1.807) is 0 Å². The summed E-state index contributed by atoms with van der Waals surface area (Å²) >= 11 is 0. The molecule has 3 aliphatic rings. The van der Waals surface area contributed by atoms with Crippen molar-refractivity contribution in [3.63, 3.8) is 0 Å². The van der Waals surface area contributed by atoms with Gasteiger partial charge in [-0.25, -0.2) is 10.1 Å². The van der Waals surface area contributed by atoms with Crippen LogP contribution in [0.3, 0.4) is 0 Å². The minimum Gasteiger partial charge on any atom is -0.367 e. The number of hydrogen-bond acceptors (Lipinski definition) is 3. The SMILES string of the molecule is C[C@]12CC[C@H]3C[C@@]1(C(N)=O)N([N+](=O)[O-])C[C@@]32C. The molecule has 0 unspecified atom stereocenters. The molecule has 1 aliphatic heterocycles. The number of carbonyl (C=O) groups excluding carboxylic acids is 1. The Bertz CT molecular complexity index is 440. The van der Waals surface area contributed by atoms with Crippen LogP contribution < -0.4 is 5.73 Å². The second kappa shape index (κ2) is 2.57. The molecule has 94 valence electrons. The highest BCUT2D eigenvalue weighted by Crippen LogP contribution is 2.75. The van der Waals surface area contributed by atoms with Crippen molar-refractivity contribution >= 4 is 5.91 Å². The first-order valence-electron chi connectivity index (χ1n) is 6.01. The second-order valence-corrected chi connectivity index (χ2v) is 6.21. The number of piperidine rings is 1. The first-order valence-corrected chi connectivity index (χ1v) is 6.01. The maximum absolute atomic E-state index is 11.9. The third-order valence-electron chi connectivity index (χ3n) is 6.13. The lowest BCUT2D eigenvalue weighted by Gasteiger charge is -2.40. The van der Waals surface area contributed by atoms with Crippen LogP contribution in [0.5, 0.6) is 0 Å². The van der Waals surface area contributed by atoms with Gasteiger partial charge in [-0.15, -0.1) is 5.01 Å². The fraction of sp³-hybridized carbons (Fsp3) is 0.909. The summed E-state index contributed by atoms with van der Waals surface area (Å²) in [5, 5.41) is 11.9. The highest BCUT2D eigenvalue weighted by Gasteiger charge is 2.83. The number of hydrogen-bond donors (Lipinski definition) is 1. The number of nitrogens with zero attached hydrogens (tertiary/aromatic N) is 2. The van der Waals surface area contributed by atoms with Crippen LogP contribution in [-0.4, -0.2) is 28.0 Å². The molecule has 2 N–H and O–H groups in total. The van der Waals surface area contributed by atoms with Crippen molar-refractivity contribution in [1.82, 2.24) is 5.01 Å². The summed E-state index contributed by atoms with van der Waals surface area (Å²) in [4.78, 5) is 23.1. The Balaban J connectivity index is 2.21. The van der Waals surface area contributed by atoms with Crippen LogP contribution in [0, 0.1) is 26.9 Å². The van der Waals surface area contributed by atoms with Crippen LogP contribution in [0.2, 0.25) is 0 Å². The van der Waals surface area contributed by atoms with Crippen molar-refractivity contribution < 1.29 is 9.83 Å². The van der Waals surface area contributed by atoms with Gasteiger partial charge < -0.3 is 5.73 Å². The molecular weight excluding hydrogens is 222 g/mol. The van der Waals surface area contributed by atoms with Crippen LogP contribution in [0.4, 0.5) is 0 Å². The first kappa shape index (κ1) is 10.8. The molecule has 0 aromatic rings. The summed E-state index contributed by atoms with van der Waals surface area (Å²) in [7, 11) is 0. The Morgan fingerprint density at radius 3 is 2.65 bits per heavy atom. The molecule has 2 aliphatic carbocycles. The van der Waals surface area contributed by atoms with Crippen molar-refractivity contribution in [1.29, 1.82) is 0 Å². The Kier molecular flexibility index (Phi) is 1.63. The minimum atomic E-state index is -1.06. The average molecular weight is 239 g/mol. The van der Waals surface area contributed by atoms with E-state index in [9.17, 15) is 14.9 Å². The zero-order valence-corrected chi connectivity index (χ0v) is 10.1. The van der Waals surface area contributed by atoms with Gasteiger partial charge in [-0.05, 0) is 25.2 Å². The van der Waals surface area contributed by atoms with Gasteiger partial charge in [-0.3, -0.25) is 4.79 Å². The third-order valence-corrected chi connectivity index (χ3v) is 6.13. The van der Waals surface area contributed by atoms with E-state index in [-0.39, 0.29) is 10.8 Å². The number of primary amides is 1. The molecule has 0 spiro atoms. The average Bonchev–Trinajstić information content (AvgIpc) is 2.68. The molecule has 0 radical (unpaired) electrons. The molecule has 3 rings (SSSR count). The Morgan fingerprint density at radius 2 is 2.18 bits per heavy atom. The van der Waals surface area contributed by atoms with Crippen molar-refractivity contribution in [2.45, 2.75) is 38.6 Å². The second-order valence-electron chi connectivity index (χ2n) is 6.21. The predicted octanol–water partition coefficient (Wildman–Crippen LogP) is 0.544. The lowest BCUT2D eigenvalue weighted by Crippen LogP contribution is -2.63. The molecule has 2 saturated carbocycles. The van der Waals surface area contributed by atoms with E-state index in [0.29, 0.717) is 18.9 Å². The topological polar surface area (TPSA) is 89.5 Å². The normalized spacial score (nSPS) is 50.9. The summed E-state index contributed by atoms with van der Waals surface area (Å²) in [6, 6.07) is 0. The van der Waals surface area contributed by atoms with E-state index in [1.807, 2.05) is 6.92 Å². The van der Waals surface area contributed by atoms with E-state index in [4.69, 9.17) is 5.73 Å². The lowest BCUT2D eigenvalue weighted by molar-refractivity contribution is -0.671. The van der Waals surface area contributed by atoms with E-state index < -0.39 is 16.5 Å².